The minimum atomic E-state index is -0.762. The van der Waals surface area contributed by atoms with Crippen molar-refractivity contribution in [3.05, 3.63) is 35.4 Å². The van der Waals surface area contributed by atoms with Crippen LogP contribution < -0.4 is 0 Å². The average Bonchev–Trinajstić information content (AvgIpc) is 2.57. The quantitative estimate of drug-likeness (QED) is 0.210. The van der Waals surface area contributed by atoms with Gasteiger partial charge in [-0.05, 0) is 31.4 Å². The number of aliphatic hydroxyl groups excluding tert-OH is 1. The molecule has 0 aromatic heterocycles. The largest absolute Gasteiger partial charge is 0.411 e. The van der Waals surface area contributed by atoms with Gasteiger partial charge in [-0.2, -0.15) is 0 Å². The standard InChI is InChI=1S/C21H35NO2/c1-3-4-5-6-7-8-9-10-11-12-14-19-15-13-16-20(17-19)21(22-24)18(2)23/h13,15-18,23-24H,3-12,14H2,1-2H3. The monoisotopic (exact) mass is 333 g/mol. The van der Waals surface area contributed by atoms with Gasteiger partial charge in [-0.3, -0.25) is 0 Å². The van der Waals surface area contributed by atoms with E-state index in [2.05, 4.69) is 18.1 Å². The van der Waals surface area contributed by atoms with Crippen molar-refractivity contribution in [2.24, 2.45) is 5.16 Å². The summed E-state index contributed by atoms with van der Waals surface area (Å²) in [5, 5.41) is 21.9. The van der Waals surface area contributed by atoms with Crippen LogP contribution in [0.4, 0.5) is 0 Å². The highest BCUT2D eigenvalue weighted by molar-refractivity contribution is 6.03. The molecule has 0 fully saturated rings. The topological polar surface area (TPSA) is 52.8 Å². The molecule has 3 heteroatoms. The number of nitrogens with zero attached hydrogens (tertiary/aromatic N) is 1. The van der Waals surface area contributed by atoms with E-state index in [1.807, 2.05) is 18.2 Å². The molecule has 1 aromatic carbocycles. The van der Waals surface area contributed by atoms with Gasteiger partial charge < -0.3 is 10.3 Å². The minimum absolute atomic E-state index is 0.333. The van der Waals surface area contributed by atoms with Gasteiger partial charge in [0.05, 0.1) is 6.10 Å². The summed E-state index contributed by atoms with van der Waals surface area (Å²) in [7, 11) is 0. The van der Waals surface area contributed by atoms with Crippen molar-refractivity contribution in [2.75, 3.05) is 0 Å². The Morgan fingerprint density at radius 3 is 2.08 bits per heavy atom. The fourth-order valence-electron chi connectivity index (χ4n) is 3.09. The lowest BCUT2D eigenvalue weighted by Gasteiger charge is -2.09. The SMILES string of the molecule is CCCCCCCCCCCCc1cccc(C(=NO)C(C)O)c1. The van der Waals surface area contributed by atoms with Gasteiger partial charge in [0.15, 0.2) is 0 Å². The molecule has 0 amide bonds. The maximum Gasteiger partial charge on any atom is 0.115 e. The first-order valence-electron chi connectivity index (χ1n) is 9.68. The molecule has 0 bridgehead atoms. The van der Waals surface area contributed by atoms with Crippen LogP contribution in [0.1, 0.15) is 89.2 Å². The highest BCUT2D eigenvalue weighted by atomic mass is 16.4. The van der Waals surface area contributed by atoms with Crippen molar-refractivity contribution in [1.29, 1.82) is 0 Å². The molecular weight excluding hydrogens is 298 g/mol. The molecule has 24 heavy (non-hydrogen) atoms. The summed E-state index contributed by atoms with van der Waals surface area (Å²) in [6, 6.07) is 7.97. The number of benzene rings is 1. The van der Waals surface area contributed by atoms with Crippen molar-refractivity contribution in [2.45, 2.75) is 90.6 Å². The number of unbranched alkanes of at least 4 members (excludes halogenated alkanes) is 9. The third-order valence-corrected chi connectivity index (χ3v) is 4.55. The van der Waals surface area contributed by atoms with Gasteiger partial charge in [-0.15, -0.1) is 0 Å². The summed E-state index contributed by atoms with van der Waals surface area (Å²) >= 11 is 0. The van der Waals surface area contributed by atoms with E-state index >= 15 is 0 Å². The van der Waals surface area contributed by atoms with E-state index < -0.39 is 6.10 Å². The van der Waals surface area contributed by atoms with Crippen LogP contribution in [0.2, 0.25) is 0 Å². The predicted octanol–water partition coefficient (Wildman–Crippen LogP) is 5.71. The lowest BCUT2D eigenvalue weighted by atomic mass is 9.99. The molecule has 1 atom stereocenters. The summed E-state index contributed by atoms with van der Waals surface area (Å²) in [6.07, 6.45) is 13.7. The van der Waals surface area contributed by atoms with E-state index in [0.29, 0.717) is 5.71 Å². The van der Waals surface area contributed by atoms with E-state index in [4.69, 9.17) is 5.21 Å². The van der Waals surface area contributed by atoms with Gasteiger partial charge in [0.1, 0.15) is 5.71 Å². The third kappa shape index (κ3) is 8.49. The molecule has 0 aliphatic carbocycles. The Kier molecular flexibility index (Phi) is 11.2. The zero-order chi connectivity index (χ0) is 17.6. The molecule has 0 spiro atoms. The number of hydrogen-bond acceptors (Lipinski definition) is 3. The van der Waals surface area contributed by atoms with Crippen molar-refractivity contribution in [3.8, 4) is 0 Å². The first-order chi connectivity index (χ1) is 11.7. The first-order valence-corrected chi connectivity index (χ1v) is 9.68. The maximum absolute atomic E-state index is 9.63. The molecule has 0 aliphatic rings. The lowest BCUT2D eigenvalue weighted by Crippen LogP contribution is -2.17. The van der Waals surface area contributed by atoms with Gasteiger partial charge in [-0.25, -0.2) is 0 Å². The van der Waals surface area contributed by atoms with Crippen LogP contribution in [-0.2, 0) is 6.42 Å². The highest BCUT2D eigenvalue weighted by Crippen LogP contribution is 2.14. The zero-order valence-corrected chi connectivity index (χ0v) is 15.5. The maximum atomic E-state index is 9.63. The Hall–Kier alpha value is -1.35. The third-order valence-electron chi connectivity index (χ3n) is 4.55. The van der Waals surface area contributed by atoms with Crippen LogP contribution in [0.5, 0.6) is 0 Å². The molecule has 0 heterocycles. The highest BCUT2D eigenvalue weighted by Gasteiger charge is 2.11. The molecule has 0 saturated heterocycles. The van der Waals surface area contributed by atoms with E-state index in [1.54, 1.807) is 6.92 Å². The number of oxime groups is 1. The van der Waals surface area contributed by atoms with Crippen LogP contribution in [0, 0.1) is 0 Å². The molecule has 0 radical (unpaired) electrons. The van der Waals surface area contributed by atoms with Crippen LogP contribution in [0.25, 0.3) is 0 Å². The van der Waals surface area contributed by atoms with Crippen LogP contribution >= 0.6 is 0 Å². The summed E-state index contributed by atoms with van der Waals surface area (Å²) in [5.41, 5.74) is 2.38. The normalized spacial score (nSPS) is 13.2. The van der Waals surface area contributed by atoms with Crippen molar-refractivity contribution < 1.29 is 10.3 Å². The summed E-state index contributed by atoms with van der Waals surface area (Å²) in [4.78, 5) is 0. The number of rotatable bonds is 13. The first kappa shape index (κ1) is 20.7. The van der Waals surface area contributed by atoms with Gasteiger partial charge in [0, 0.05) is 5.56 Å². The van der Waals surface area contributed by atoms with Gasteiger partial charge in [0.25, 0.3) is 0 Å². The number of aliphatic hydroxyl groups is 1. The Bertz CT molecular complexity index is 469. The Morgan fingerprint density at radius 1 is 0.958 bits per heavy atom. The van der Waals surface area contributed by atoms with Gasteiger partial charge >= 0.3 is 0 Å². The number of aryl methyl sites for hydroxylation is 1. The smallest absolute Gasteiger partial charge is 0.115 e. The summed E-state index contributed by atoms with van der Waals surface area (Å²) in [5.74, 6) is 0. The van der Waals surface area contributed by atoms with Crippen molar-refractivity contribution in [3.63, 3.8) is 0 Å². The Balaban J connectivity index is 2.19. The zero-order valence-electron chi connectivity index (χ0n) is 15.5. The second kappa shape index (κ2) is 13.0. The van der Waals surface area contributed by atoms with E-state index in [0.717, 1.165) is 12.0 Å². The number of hydrogen-bond donors (Lipinski definition) is 2. The van der Waals surface area contributed by atoms with Gasteiger partial charge in [-0.1, -0.05) is 88.1 Å². The molecular formula is C21H35NO2. The second-order valence-electron chi connectivity index (χ2n) is 6.79. The molecule has 1 aromatic rings. The summed E-state index contributed by atoms with van der Waals surface area (Å²) in [6.45, 7) is 3.88. The van der Waals surface area contributed by atoms with E-state index in [9.17, 15) is 5.11 Å². The van der Waals surface area contributed by atoms with Gasteiger partial charge in [0.2, 0.25) is 0 Å². The molecule has 3 nitrogen and oxygen atoms in total. The molecule has 0 aliphatic heterocycles. The van der Waals surface area contributed by atoms with Crippen molar-refractivity contribution >= 4 is 5.71 Å². The molecule has 1 unspecified atom stereocenters. The van der Waals surface area contributed by atoms with Crippen LogP contribution in [0.15, 0.2) is 29.4 Å². The molecule has 136 valence electrons. The Labute approximate surface area is 147 Å². The predicted molar refractivity (Wildman–Crippen MR) is 102 cm³/mol. The molecule has 0 saturated carbocycles. The van der Waals surface area contributed by atoms with Crippen LogP contribution in [0.3, 0.4) is 0 Å². The van der Waals surface area contributed by atoms with Crippen LogP contribution in [-0.4, -0.2) is 22.1 Å². The Morgan fingerprint density at radius 2 is 1.54 bits per heavy atom. The second-order valence-corrected chi connectivity index (χ2v) is 6.79. The fourth-order valence-corrected chi connectivity index (χ4v) is 3.09. The minimum Gasteiger partial charge on any atom is -0.411 e. The van der Waals surface area contributed by atoms with Crippen molar-refractivity contribution in [1.82, 2.24) is 0 Å². The molecule has 1 rings (SSSR count). The average molecular weight is 334 g/mol. The summed E-state index contributed by atoms with van der Waals surface area (Å²) < 4.78 is 0. The molecule has 2 N–H and O–H groups in total. The van der Waals surface area contributed by atoms with E-state index in [-0.39, 0.29) is 0 Å². The lowest BCUT2D eigenvalue weighted by molar-refractivity contribution is 0.248. The fraction of sp³-hybridized carbons (Fsp3) is 0.667. The van der Waals surface area contributed by atoms with E-state index in [1.165, 1.54) is 69.8 Å².